The van der Waals surface area contributed by atoms with Crippen molar-refractivity contribution < 1.29 is 43.9 Å². The van der Waals surface area contributed by atoms with Gasteiger partial charge in [0, 0.05) is 6.54 Å². The molecule has 1 rings (SSSR count). The van der Waals surface area contributed by atoms with E-state index in [1.165, 1.54) is 6.92 Å². The highest BCUT2D eigenvalue weighted by Crippen LogP contribution is 2.48. The first kappa shape index (κ1) is 18.6. The summed E-state index contributed by atoms with van der Waals surface area (Å²) in [6.45, 7) is 0.625. The topological polar surface area (TPSA) is 18.8 Å². The minimum absolute atomic E-state index is 0.104. The zero-order valence-electron chi connectivity index (χ0n) is 10.7. The van der Waals surface area contributed by atoms with Crippen LogP contribution in [-0.2, 0) is 0 Å². The fraction of sp³-hybridized carbons (Fsp3) is 0.889. The van der Waals surface area contributed by atoms with Crippen LogP contribution >= 0.6 is 0 Å². The summed E-state index contributed by atoms with van der Waals surface area (Å²) in [5.74, 6) is -5.87. The molecule has 3 nitrogen and oxygen atoms in total. The van der Waals surface area contributed by atoms with Crippen LogP contribution < -0.4 is 0 Å². The molecule has 22 heavy (non-hydrogen) atoms. The summed E-state index contributed by atoms with van der Waals surface area (Å²) in [6.07, 6.45) is -16.8. The van der Waals surface area contributed by atoms with Crippen molar-refractivity contribution in [1.82, 2.24) is 9.91 Å². The molecular weight excluding hydrogens is 340 g/mol. The van der Waals surface area contributed by atoms with Crippen LogP contribution in [0.5, 0.6) is 0 Å². The van der Waals surface area contributed by atoms with Gasteiger partial charge in [0.05, 0.1) is 0 Å². The summed E-state index contributed by atoms with van der Waals surface area (Å²) in [5, 5.41) is 2.68. The number of hydrogen-bond donors (Lipinski definition) is 0. The van der Waals surface area contributed by atoms with Gasteiger partial charge in [-0.2, -0.15) is 49.0 Å². The Kier molecular flexibility index (Phi) is 4.51. The summed E-state index contributed by atoms with van der Waals surface area (Å²) in [7, 11) is 0. The van der Waals surface area contributed by atoms with E-state index >= 15 is 0 Å². The number of hydrazone groups is 1. The van der Waals surface area contributed by atoms with E-state index in [0.717, 1.165) is 0 Å². The molecule has 0 bridgehead atoms. The van der Waals surface area contributed by atoms with Crippen molar-refractivity contribution >= 4 is 6.34 Å². The summed E-state index contributed by atoms with van der Waals surface area (Å²) in [6, 6.07) is -5.95. The highest BCUT2D eigenvalue weighted by molar-refractivity contribution is 5.58. The molecular formula is C9H9F10N3. The second kappa shape index (κ2) is 5.33. The Morgan fingerprint density at radius 3 is 1.77 bits per heavy atom. The molecule has 0 amide bonds. The van der Waals surface area contributed by atoms with Crippen LogP contribution in [-0.4, -0.2) is 53.3 Å². The lowest BCUT2D eigenvalue weighted by Crippen LogP contribution is -2.65. The average Bonchev–Trinajstić information content (AvgIpc) is 2.71. The third-order valence-electron chi connectivity index (χ3n) is 2.69. The second-order valence-electron chi connectivity index (χ2n) is 4.33. The lowest BCUT2D eigenvalue weighted by Gasteiger charge is -2.39. The van der Waals surface area contributed by atoms with Crippen molar-refractivity contribution in [3.8, 4) is 0 Å². The molecule has 0 aromatic heterocycles. The molecule has 0 saturated heterocycles. The monoisotopic (exact) mass is 349 g/mol. The molecule has 1 unspecified atom stereocenters. The number of halogens is 10. The van der Waals surface area contributed by atoms with Gasteiger partial charge in [-0.25, -0.2) is 0 Å². The molecule has 13 heteroatoms. The van der Waals surface area contributed by atoms with Gasteiger partial charge >= 0.3 is 24.3 Å². The van der Waals surface area contributed by atoms with Gasteiger partial charge in [0.2, 0.25) is 0 Å². The van der Waals surface area contributed by atoms with E-state index in [-0.39, 0.29) is 17.8 Å². The van der Waals surface area contributed by atoms with E-state index in [1.807, 2.05) is 0 Å². The molecule has 0 fully saturated rings. The van der Waals surface area contributed by atoms with Gasteiger partial charge in [0.15, 0.2) is 6.17 Å². The molecule has 0 aromatic carbocycles. The minimum atomic E-state index is -6.36. The molecule has 0 N–H and O–H groups in total. The maximum Gasteiger partial charge on any atom is 0.475 e. The highest BCUT2D eigenvalue weighted by atomic mass is 19.4. The normalized spacial score (nSPS) is 21.0. The van der Waals surface area contributed by atoms with Crippen LogP contribution in [0.4, 0.5) is 43.9 Å². The van der Waals surface area contributed by atoms with Crippen molar-refractivity contribution in [2.75, 3.05) is 6.54 Å². The van der Waals surface area contributed by atoms with Crippen molar-refractivity contribution in [3.63, 3.8) is 0 Å². The SMILES string of the molecule is CCCN1N=CN(C(F)(F)C(F)(F)F)C1C(F)(F)C(F)(F)F. The first-order valence-corrected chi connectivity index (χ1v) is 5.66. The van der Waals surface area contributed by atoms with Crippen molar-refractivity contribution in [2.24, 2.45) is 5.10 Å². The Bertz CT molecular complexity index is 426. The van der Waals surface area contributed by atoms with E-state index in [2.05, 4.69) is 5.10 Å². The molecule has 0 aromatic rings. The Morgan fingerprint density at radius 1 is 0.909 bits per heavy atom. The number of alkyl halides is 10. The van der Waals surface area contributed by atoms with E-state index in [1.54, 1.807) is 0 Å². The van der Waals surface area contributed by atoms with E-state index in [4.69, 9.17) is 0 Å². The lowest BCUT2D eigenvalue weighted by molar-refractivity contribution is -0.368. The van der Waals surface area contributed by atoms with E-state index in [9.17, 15) is 43.9 Å². The van der Waals surface area contributed by atoms with Crippen molar-refractivity contribution in [2.45, 2.75) is 43.8 Å². The van der Waals surface area contributed by atoms with Gasteiger partial charge in [0.25, 0.3) is 0 Å². The third kappa shape index (κ3) is 2.89. The van der Waals surface area contributed by atoms with Crippen LogP contribution in [0, 0.1) is 0 Å². The van der Waals surface area contributed by atoms with Crippen molar-refractivity contribution in [1.29, 1.82) is 0 Å². The van der Waals surface area contributed by atoms with Crippen LogP contribution in [0.1, 0.15) is 13.3 Å². The summed E-state index contributed by atoms with van der Waals surface area (Å²) in [4.78, 5) is -1.42. The first-order chi connectivity index (χ1) is 9.68. The Morgan fingerprint density at radius 2 is 1.41 bits per heavy atom. The fourth-order valence-electron chi connectivity index (χ4n) is 1.68. The van der Waals surface area contributed by atoms with E-state index < -0.39 is 41.9 Å². The van der Waals surface area contributed by atoms with Crippen LogP contribution in [0.25, 0.3) is 0 Å². The lowest BCUT2D eigenvalue weighted by atomic mass is 10.2. The Labute approximate surface area is 117 Å². The molecule has 0 saturated carbocycles. The Hall–Kier alpha value is -1.43. The molecule has 1 heterocycles. The second-order valence-corrected chi connectivity index (χ2v) is 4.33. The van der Waals surface area contributed by atoms with Gasteiger partial charge in [0.1, 0.15) is 6.34 Å². The average molecular weight is 349 g/mol. The van der Waals surface area contributed by atoms with Gasteiger partial charge in [-0.15, -0.1) is 0 Å². The van der Waals surface area contributed by atoms with E-state index in [0.29, 0.717) is 0 Å². The predicted octanol–water partition coefficient (Wildman–Crippen LogP) is 3.64. The number of rotatable bonds is 4. The summed E-state index contributed by atoms with van der Waals surface area (Å²) in [5.41, 5.74) is 0. The Balaban J connectivity index is 3.32. The smallest absolute Gasteiger partial charge is 0.266 e. The molecule has 0 spiro atoms. The molecule has 130 valence electrons. The zero-order valence-corrected chi connectivity index (χ0v) is 10.7. The zero-order chi connectivity index (χ0) is 17.6. The summed E-state index contributed by atoms with van der Waals surface area (Å²) >= 11 is 0. The summed E-state index contributed by atoms with van der Waals surface area (Å²) < 4.78 is 127. The van der Waals surface area contributed by atoms with Gasteiger partial charge in [-0.3, -0.25) is 9.91 Å². The predicted molar refractivity (Wildman–Crippen MR) is 53.1 cm³/mol. The number of hydrogen-bond acceptors (Lipinski definition) is 3. The molecule has 0 aliphatic carbocycles. The van der Waals surface area contributed by atoms with Gasteiger partial charge in [-0.1, -0.05) is 6.92 Å². The fourth-order valence-corrected chi connectivity index (χ4v) is 1.68. The largest absolute Gasteiger partial charge is 0.475 e. The van der Waals surface area contributed by atoms with Gasteiger partial charge < -0.3 is 0 Å². The maximum atomic E-state index is 13.4. The quantitative estimate of drug-likeness (QED) is 0.570. The molecule has 1 aliphatic heterocycles. The molecule has 1 aliphatic rings. The standard InChI is InChI=1S/C9H9F10N3/c1-2-3-22-5(6(10,11)7(12,13)14)21(4-20-22)9(18,19)8(15,16)17/h4-5H,2-3H2,1H3. The van der Waals surface area contributed by atoms with Crippen molar-refractivity contribution in [3.05, 3.63) is 0 Å². The third-order valence-corrected chi connectivity index (χ3v) is 2.69. The molecule has 1 atom stereocenters. The molecule has 0 radical (unpaired) electrons. The van der Waals surface area contributed by atoms with Crippen LogP contribution in [0.15, 0.2) is 5.10 Å². The van der Waals surface area contributed by atoms with Crippen LogP contribution in [0.2, 0.25) is 0 Å². The van der Waals surface area contributed by atoms with Gasteiger partial charge in [-0.05, 0) is 6.42 Å². The first-order valence-electron chi connectivity index (χ1n) is 5.66. The number of nitrogens with zero attached hydrogens (tertiary/aromatic N) is 3. The minimum Gasteiger partial charge on any atom is -0.266 e. The highest BCUT2D eigenvalue weighted by Gasteiger charge is 2.73. The van der Waals surface area contributed by atoms with Crippen LogP contribution in [0.3, 0.4) is 0 Å². The maximum absolute atomic E-state index is 13.4.